The standard InChI is InChI=1S/C16H27N3OSi/c1-12-8-14(9-17)18-11-15(12)19-10-13(2)20-21(6,7)16(3,4)5/h8,11,13,19H,10H2,1-7H3. The van der Waals surface area contributed by atoms with Crippen molar-refractivity contribution in [3.05, 3.63) is 23.5 Å². The van der Waals surface area contributed by atoms with Gasteiger partial charge in [-0.1, -0.05) is 20.8 Å². The molecule has 1 unspecified atom stereocenters. The number of anilines is 1. The second kappa shape index (κ2) is 6.59. The van der Waals surface area contributed by atoms with Crippen LogP contribution < -0.4 is 5.32 Å². The van der Waals surface area contributed by atoms with Crippen LogP contribution >= 0.6 is 0 Å². The van der Waals surface area contributed by atoms with Gasteiger partial charge in [-0.05, 0) is 43.6 Å². The lowest BCUT2D eigenvalue weighted by Crippen LogP contribution is -2.44. The molecule has 1 aromatic rings. The van der Waals surface area contributed by atoms with Crippen molar-refractivity contribution < 1.29 is 4.43 Å². The zero-order valence-corrected chi connectivity index (χ0v) is 15.2. The van der Waals surface area contributed by atoms with E-state index in [0.717, 1.165) is 17.8 Å². The SMILES string of the molecule is Cc1cc(C#N)ncc1NCC(C)O[Si](C)(C)C(C)(C)C. The van der Waals surface area contributed by atoms with Gasteiger partial charge in [0.15, 0.2) is 8.32 Å². The minimum atomic E-state index is -1.73. The fourth-order valence-electron chi connectivity index (χ4n) is 1.78. The van der Waals surface area contributed by atoms with Crippen LogP contribution in [0.2, 0.25) is 18.1 Å². The second-order valence-electron chi connectivity index (χ2n) is 7.07. The number of hydrogen-bond acceptors (Lipinski definition) is 4. The number of nitriles is 1. The number of nitrogens with zero attached hydrogens (tertiary/aromatic N) is 2. The van der Waals surface area contributed by atoms with Crippen LogP contribution in [0.1, 0.15) is 39.0 Å². The summed E-state index contributed by atoms with van der Waals surface area (Å²) in [6.07, 6.45) is 1.85. The molecule has 0 aliphatic rings. The Bertz CT molecular complexity index is 529. The van der Waals surface area contributed by atoms with Crippen molar-refractivity contribution in [3.8, 4) is 6.07 Å². The summed E-state index contributed by atoms with van der Waals surface area (Å²) in [5, 5.41) is 12.4. The average Bonchev–Trinajstić information content (AvgIpc) is 2.35. The van der Waals surface area contributed by atoms with E-state index in [4.69, 9.17) is 9.69 Å². The van der Waals surface area contributed by atoms with E-state index in [2.05, 4.69) is 51.1 Å². The third-order valence-electron chi connectivity index (χ3n) is 4.11. The lowest BCUT2D eigenvalue weighted by molar-refractivity contribution is 0.211. The van der Waals surface area contributed by atoms with E-state index >= 15 is 0 Å². The lowest BCUT2D eigenvalue weighted by atomic mass is 10.2. The Hall–Kier alpha value is -1.38. The maximum Gasteiger partial charge on any atom is 0.192 e. The predicted octanol–water partition coefficient (Wildman–Crippen LogP) is 4.08. The van der Waals surface area contributed by atoms with E-state index < -0.39 is 8.32 Å². The molecule has 0 saturated carbocycles. The van der Waals surface area contributed by atoms with Gasteiger partial charge in [0.1, 0.15) is 11.8 Å². The first-order chi connectivity index (χ1) is 9.56. The van der Waals surface area contributed by atoms with Gasteiger partial charge < -0.3 is 9.74 Å². The van der Waals surface area contributed by atoms with E-state index in [1.54, 1.807) is 12.3 Å². The highest BCUT2D eigenvalue weighted by molar-refractivity contribution is 6.74. The number of pyridine rings is 1. The zero-order valence-electron chi connectivity index (χ0n) is 14.2. The van der Waals surface area contributed by atoms with Gasteiger partial charge in [0, 0.05) is 6.54 Å². The molecule has 1 aromatic heterocycles. The van der Waals surface area contributed by atoms with Gasteiger partial charge in [0.05, 0.1) is 18.0 Å². The molecule has 0 fully saturated rings. The molecule has 1 atom stereocenters. The average molecular weight is 305 g/mol. The largest absolute Gasteiger partial charge is 0.412 e. The smallest absolute Gasteiger partial charge is 0.192 e. The Balaban J connectivity index is 2.62. The number of aryl methyl sites for hydroxylation is 1. The van der Waals surface area contributed by atoms with Crippen molar-refractivity contribution in [2.24, 2.45) is 0 Å². The molecule has 116 valence electrons. The van der Waals surface area contributed by atoms with Crippen molar-refractivity contribution in [2.75, 3.05) is 11.9 Å². The first-order valence-electron chi connectivity index (χ1n) is 7.35. The number of aromatic nitrogens is 1. The highest BCUT2D eigenvalue weighted by Crippen LogP contribution is 2.37. The van der Waals surface area contributed by atoms with Crippen molar-refractivity contribution in [2.45, 2.75) is 58.9 Å². The van der Waals surface area contributed by atoms with Gasteiger partial charge >= 0.3 is 0 Å². The van der Waals surface area contributed by atoms with Crippen molar-refractivity contribution in [3.63, 3.8) is 0 Å². The quantitative estimate of drug-likeness (QED) is 0.833. The fourth-order valence-corrected chi connectivity index (χ4v) is 3.22. The van der Waals surface area contributed by atoms with Crippen LogP contribution in [0.15, 0.2) is 12.3 Å². The minimum absolute atomic E-state index is 0.140. The molecule has 0 saturated heterocycles. The van der Waals surface area contributed by atoms with Gasteiger partial charge in [-0.15, -0.1) is 0 Å². The molecule has 0 radical (unpaired) electrons. The van der Waals surface area contributed by atoms with Gasteiger partial charge in [-0.3, -0.25) is 0 Å². The molecule has 0 bridgehead atoms. The van der Waals surface area contributed by atoms with E-state index in [-0.39, 0.29) is 11.1 Å². The Labute approximate surface area is 129 Å². The second-order valence-corrected chi connectivity index (χ2v) is 11.8. The monoisotopic (exact) mass is 305 g/mol. The van der Waals surface area contributed by atoms with Crippen LogP contribution in [0.4, 0.5) is 5.69 Å². The number of nitrogens with one attached hydrogen (secondary N) is 1. The summed E-state index contributed by atoms with van der Waals surface area (Å²) in [4.78, 5) is 4.09. The van der Waals surface area contributed by atoms with Crippen LogP contribution in [0.3, 0.4) is 0 Å². The van der Waals surface area contributed by atoms with Crippen LogP contribution in [-0.2, 0) is 4.43 Å². The highest BCUT2D eigenvalue weighted by atomic mass is 28.4. The van der Waals surface area contributed by atoms with Crippen molar-refractivity contribution in [1.29, 1.82) is 5.26 Å². The molecule has 0 amide bonds. The summed E-state index contributed by atoms with van der Waals surface area (Å²) in [5.74, 6) is 0. The molecule has 5 heteroatoms. The lowest BCUT2D eigenvalue weighted by Gasteiger charge is -2.38. The highest BCUT2D eigenvalue weighted by Gasteiger charge is 2.38. The molecule has 4 nitrogen and oxygen atoms in total. The van der Waals surface area contributed by atoms with Gasteiger partial charge in [0.2, 0.25) is 0 Å². The molecule has 1 N–H and O–H groups in total. The first-order valence-corrected chi connectivity index (χ1v) is 10.3. The molecule has 1 rings (SSSR count). The van der Waals surface area contributed by atoms with E-state index in [9.17, 15) is 0 Å². The minimum Gasteiger partial charge on any atom is -0.412 e. The van der Waals surface area contributed by atoms with Crippen LogP contribution in [0.5, 0.6) is 0 Å². The van der Waals surface area contributed by atoms with Crippen molar-refractivity contribution in [1.82, 2.24) is 4.98 Å². The molecular weight excluding hydrogens is 278 g/mol. The Morgan fingerprint density at radius 3 is 2.52 bits per heavy atom. The molecular formula is C16H27N3OSi. The molecule has 0 aliphatic carbocycles. The van der Waals surface area contributed by atoms with Crippen LogP contribution in [0.25, 0.3) is 0 Å². The summed E-state index contributed by atoms with van der Waals surface area (Å²) in [6, 6.07) is 3.84. The molecule has 0 aliphatic heterocycles. The van der Waals surface area contributed by atoms with Gasteiger partial charge in [0.25, 0.3) is 0 Å². The predicted molar refractivity (Wildman–Crippen MR) is 89.9 cm³/mol. The first kappa shape index (κ1) is 17.7. The Morgan fingerprint density at radius 2 is 2.05 bits per heavy atom. The molecule has 0 aromatic carbocycles. The molecule has 0 spiro atoms. The van der Waals surface area contributed by atoms with E-state index in [1.807, 2.05) is 13.0 Å². The van der Waals surface area contributed by atoms with Crippen molar-refractivity contribution >= 4 is 14.0 Å². The van der Waals surface area contributed by atoms with E-state index in [1.165, 1.54) is 0 Å². The van der Waals surface area contributed by atoms with Gasteiger partial charge in [-0.2, -0.15) is 5.26 Å². The Kier molecular flexibility index (Phi) is 5.54. The fraction of sp³-hybridized carbons (Fsp3) is 0.625. The topological polar surface area (TPSA) is 57.9 Å². The maximum absolute atomic E-state index is 8.83. The third kappa shape index (κ3) is 4.83. The zero-order chi connectivity index (χ0) is 16.3. The molecule has 21 heavy (non-hydrogen) atoms. The number of hydrogen-bond donors (Lipinski definition) is 1. The van der Waals surface area contributed by atoms with Crippen LogP contribution in [0, 0.1) is 18.3 Å². The summed E-state index contributed by atoms with van der Waals surface area (Å²) in [5.41, 5.74) is 2.43. The van der Waals surface area contributed by atoms with Crippen LogP contribution in [-0.4, -0.2) is 26.0 Å². The van der Waals surface area contributed by atoms with Gasteiger partial charge in [-0.25, -0.2) is 4.98 Å². The Morgan fingerprint density at radius 1 is 1.43 bits per heavy atom. The number of rotatable bonds is 5. The third-order valence-corrected chi connectivity index (χ3v) is 8.71. The summed E-state index contributed by atoms with van der Waals surface area (Å²) < 4.78 is 6.31. The summed E-state index contributed by atoms with van der Waals surface area (Å²) in [7, 11) is -1.73. The summed E-state index contributed by atoms with van der Waals surface area (Å²) in [6.45, 7) is 16.1. The summed E-state index contributed by atoms with van der Waals surface area (Å²) >= 11 is 0. The van der Waals surface area contributed by atoms with E-state index in [0.29, 0.717) is 5.69 Å². The maximum atomic E-state index is 8.83. The molecule has 1 heterocycles. The normalized spacial score (nSPS) is 13.6.